The third-order valence-electron chi connectivity index (χ3n) is 7.80. The summed E-state index contributed by atoms with van der Waals surface area (Å²) >= 11 is 0. The molecule has 258 valence electrons. The lowest BCUT2D eigenvalue weighted by atomic mass is 9.92. The summed E-state index contributed by atoms with van der Waals surface area (Å²) in [5, 5.41) is 31.1. The lowest BCUT2D eigenvalue weighted by molar-refractivity contribution is -0.125. The molecule has 49 heavy (non-hydrogen) atoms. The molecule has 4 aromatic rings. The predicted octanol–water partition coefficient (Wildman–Crippen LogP) is 4.23. The number of carbonyl (C=O) groups is 3. The van der Waals surface area contributed by atoms with E-state index in [0.717, 1.165) is 5.56 Å². The first-order valence-corrected chi connectivity index (χ1v) is 16.1. The second-order valence-electron chi connectivity index (χ2n) is 11.9. The number of aliphatic hydroxyl groups is 2. The number of amides is 3. The van der Waals surface area contributed by atoms with E-state index in [4.69, 9.17) is 9.47 Å². The van der Waals surface area contributed by atoms with Gasteiger partial charge in [0.15, 0.2) is 0 Å². The monoisotopic (exact) mass is 669 g/mol. The van der Waals surface area contributed by atoms with Crippen LogP contribution in [0.5, 0.6) is 0 Å². The van der Waals surface area contributed by atoms with Crippen molar-refractivity contribution in [3.63, 3.8) is 0 Å². The molecule has 5 atom stereocenters. The Morgan fingerprint density at radius 3 is 2.04 bits per heavy atom. The van der Waals surface area contributed by atoms with Crippen molar-refractivity contribution in [3.8, 4) is 0 Å². The molecule has 0 spiro atoms. The first-order chi connectivity index (χ1) is 23.7. The third-order valence-corrected chi connectivity index (χ3v) is 7.80. The molecule has 4 unspecified atom stereocenters. The van der Waals surface area contributed by atoms with Crippen molar-refractivity contribution in [2.45, 2.75) is 70.2 Å². The minimum absolute atomic E-state index is 0.0275. The standard InChI is InChI=1S/C37H43N5O7/c1-25(2)33(42-37(47)49-24-29-17-9-10-19-39-29)35(45)40-30(28-15-7-4-8-16-28)21-32(43)34(44)31(20-26-12-5-3-6-13-26)41-36(46)48-23-27-14-11-18-38-22-27/h3-19,22,25,30-34,43-44H,20-21,23-24H2,1-2H3,(H,40,45)(H,41,46)(H,42,47)/t30?,31?,32?,33-,34?/m0/s1. The van der Waals surface area contributed by atoms with Gasteiger partial charge in [-0.25, -0.2) is 9.59 Å². The zero-order chi connectivity index (χ0) is 35.0. The topological polar surface area (TPSA) is 172 Å². The normalized spacial score (nSPS) is 14.1. The van der Waals surface area contributed by atoms with Crippen LogP contribution in [0.2, 0.25) is 0 Å². The van der Waals surface area contributed by atoms with Crippen LogP contribution in [0.1, 0.15) is 48.7 Å². The van der Waals surface area contributed by atoms with E-state index in [2.05, 4.69) is 25.9 Å². The summed E-state index contributed by atoms with van der Waals surface area (Å²) < 4.78 is 10.6. The quantitative estimate of drug-likeness (QED) is 0.117. The molecule has 0 aliphatic carbocycles. The fraction of sp³-hybridized carbons (Fsp3) is 0.324. The van der Waals surface area contributed by atoms with Gasteiger partial charge in [-0.15, -0.1) is 0 Å². The summed E-state index contributed by atoms with van der Waals surface area (Å²) in [7, 11) is 0. The zero-order valence-electron chi connectivity index (χ0n) is 27.5. The van der Waals surface area contributed by atoms with E-state index < -0.39 is 48.4 Å². The first kappa shape index (κ1) is 36.5. The van der Waals surface area contributed by atoms with E-state index >= 15 is 0 Å². The van der Waals surface area contributed by atoms with E-state index in [0.29, 0.717) is 16.8 Å². The molecule has 2 aromatic heterocycles. The SMILES string of the molecule is CC(C)[C@H](NC(=O)OCc1ccccn1)C(=O)NC(CC(O)C(O)C(Cc1ccccc1)NC(=O)OCc1cccnc1)c1ccccc1. The zero-order valence-corrected chi connectivity index (χ0v) is 27.5. The second-order valence-corrected chi connectivity index (χ2v) is 11.9. The molecule has 4 rings (SSSR count). The van der Waals surface area contributed by atoms with E-state index in [1.807, 2.05) is 36.4 Å². The molecule has 0 saturated carbocycles. The van der Waals surface area contributed by atoms with Crippen molar-refractivity contribution < 1.29 is 34.1 Å². The number of hydrogen-bond donors (Lipinski definition) is 5. The predicted molar refractivity (Wildman–Crippen MR) is 182 cm³/mol. The van der Waals surface area contributed by atoms with Gasteiger partial charge in [-0.05, 0) is 41.7 Å². The Labute approximate surface area is 285 Å². The molecule has 0 saturated heterocycles. The maximum Gasteiger partial charge on any atom is 0.408 e. The summed E-state index contributed by atoms with van der Waals surface area (Å²) in [6, 6.07) is 24.3. The Bertz CT molecular complexity index is 1580. The number of pyridine rings is 2. The van der Waals surface area contributed by atoms with Gasteiger partial charge in [0, 0.05) is 30.6 Å². The van der Waals surface area contributed by atoms with Crippen molar-refractivity contribution in [1.82, 2.24) is 25.9 Å². The minimum atomic E-state index is -1.45. The maximum absolute atomic E-state index is 13.6. The van der Waals surface area contributed by atoms with Crippen LogP contribution in [0.15, 0.2) is 110 Å². The molecular weight excluding hydrogens is 626 g/mol. The largest absolute Gasteiger partial charge is 0.445 e. The van der Waals surface area contributed by atoms with E-state index in [1.165, 1.54) is 0 Å². The summed E-state index contributed by atoms with van der Waals surface area (Å²) in [6.07, 6.45) is 0.470. The lowest BCUT2D eigenvalue weighted by Gasteiger charge is -2.31. The van der Waals surface area contributed by atoms with Gasteiger partial charge in [0.05, 0.1) is 23.9 Å². The Kier molecular flexibility index (Phi) is 14.1. The number of carbonyl (C=O) groups excluding carboxylic acids is 3. The van der Waals surface area contributed by atoms with Gasteiger partial charge >= 0.3 is 12.2 Å². The molecular formula is C37H43N5O7. The number of ether oxygens (including phenoxy) is 2. The van der Waals surface area contributed by atoms with Crippen molar-refractivity contribution in [3.05, 3.63) is 132 Å². The summed E-state index contributed by atoms with van der Waals surface area (Å²) in [6.45, 7) is 3.48. The van der Waals surface area contributed by atoms with Crippen molar-refractivity contribution in [1.29, 1.82) is 0 Å². The number of aromatic nitrogens is 2. The summed E-state index contributed by atoms with van der Waals surface area (Å²) in [5.74, 6) is -0.815. The molecule has 12 nitrogen and oxygen atoms in total. The van der Waals surface area contributed by atoms with Crippen molar-refractivity contribution >= 4 is 18.1 Å². The van der Waals surface area contributed by atoms with Crippen LogP contribution in [0, 0.1) is 5.92 Å². The van der Waals surface area contributed by atoms with Gasteiger partial charge in [0.1, 0.15) is 25.4 Å². The number of rotatable bonds is 16. The fourth-order valence-electron chi connectivity index (χ4n) is 5.15. The Balaban J connectivity index is 1.45. The van der Waals surface area contributed by atoms with Gasteiger partial charge in [0.2, 0.25) is 5.91 Å². The first-order valence-electron chi connectivity index (χ1n) is 16.1. The molecule has 2 heterocycles. The molecule has 5 N–H and O–H groups in total. The highest BCUT2D eigenvalue weighted by atomic mass is 16.6. The molecule has 0 fully saturated rings. The number of hydrogen-bond acceptors (Lipinski definition) is 9. The third kappa shape index (κ3) is 12.0. The van der Waals surface area contributed by atoms with Gasteiger partial charge in [-0.1, -0.05) is 86.6 Å². The molecule has 3 amide bonds. The van der Waals surface area contributed by atoms with E-state index in [1.54, 1.807) is 87.0 Å². The van der Waals surface area contributed by atoms with Crippen molar-refractivity contribution in [2.75, 3.05) is 0 Å². The van der Waals surface area contributed by atoms with Crippen LogP contribution in [0.3, 0.4) is 0 Å². The van der Waals surface area contributed by atoms with E-state index in [-0.39, 0.29) is 32.0 Å². The average Bonchev–Trinajstić information content (AvgIpc) is 3.12. The highest BCUT2D eigenvalue weighted by Gasteiger charge is 2.33. The van der Waals surface area contributed by atoms with Crippen molar-refractivity contribution in [2.24, 2.45) is 5.92 Å². The minimum Gasteiger partial charge on any atom is -0.445 e. The molecule has 0 bridgehead atoms. The van der Waals surface area contributed by atoms with Crippen LogP contribution in [-0.2, 0) is 33.9 Å². The fourth-order valence-corrected chi connectivity index (χ4v) is 5.15. The van der Waals surface area contributed by atoms with Crippen LogP contribution in [-0.4, -0.2) is 62.6 Å². The van der Waals surface area contributed by atoms with E-state index in [9.17, 15) is 24.6 Å². The molecule has 0 aliphatic rings. The van der Waals surface area contributed by atoms with Crippen LogP contribution >= 0.6 is 0 Å². The average molecular weight is 670 g/mol. The van der Waals surface area contributed by atoms with Gasteiger partial charge in [0.25, 0.3) is 0 Å². The summed E-state index contributed by atoms with van der Waals surface area (Å²) in [4.78, 5) is 47.2. The number of benzene rings is 2. The van der Waals surface area contributed by atoms with Crippen LogP contribution in [0.25, 0.3) is 0 Å². The highest BCUT2D eigenvalue weighted by Crippen LogP contribution is 2.23. The Hall–Kier alpha value is -5.33. The Morgan fingerprint density at radius 2 is 1.39 bits per heavy atom. The highest BCUT2D eigenvalue weighted by molar-refractivity contribution is 5.86. The molecule has 12 heteroatoms. The van der Waals surface area contributed by atoms with Gasteiger partial charge < -0.3 is 35.6 Å². The summed E-state index contributed by atoms with van der Waals surface area (Å²) in [5.41, 5.74) is 2.74. The number of aliphatic hydroxyl groups excluding tert-OH is 2. The number of nitrogens with one attached hydrogen (secondary N) is 3. The lowest BCUT2D eigenvalue weighted by Crippen LogP contribution is -2.52. The van der Waals surface area contributed by atoms with Gasteiger partial charge in [-0.3, -0.25) is 14.8 Å². The van der Waals surface area contributed by atoms with Crippen LogP contribution < -0.4 is 16.0 Å². The maximum atomic E-state index is 13.6. The Morgan fingerprint density at radius 1 is 0.735 bits per heavy atom. The van der Waals surface area contributed by atoms with Crippen LogP contribution in [0.4, 0.5) is 9.59 Å². The molecule has 2 aromatic carbocycles. The number of alkyl carbamates (subject to hydrolysis) is 2. The molecule has 0 radical (unpaired) electrons. The van der Waals surface area contributed by atoms with Gasteiger partial charge in [-0.2, -0.15) is 0 Å². The number of nitrogens with zero attached hydrogens (tertiary/aromatic N) is 2. The smallest absolute Gasteiger partial charge is 0.408 e. The molecule has 0 aliphatic heterocycles. The second kappa shape index (κ2) is 18.9.